The van der Waals surface area contributed by atoms with E-state index < -0.39 is 0 Å². The van der Waals surface area contributed by atoms with E-state index in [0.717, 1.165) is 25.3 Å². The Hall–Kier alpha value is -0.940. The van der Waals surface area contributed by atoms with Gasteiger partial charge in [0.05, 0.1) is 6.54 Å². The topological polar surface area (TPSA) is 63.0 Å². The van der Waals surface area contributed by atoms with Gasteiger partial charge in [-0.2, -0.15) is 5.10 Å². The molecule has 0 amide bonds. The molecule has 0 saturated heterocycles. The zero-order valence-electron chi connectivity index (χ0n) is 10.7. The van der Waals surface area contributed by atoms with E-state index in [9.17, 15) is 0 Å². The monoisotopic (exact) mass is 238 g/mol. The third-order valence-electron chi connectivity index (χ3n) is 3.52. The first-order chi connectivity index (χ1) is 8.17. The fourth-order valence-electron chi connectivity index (χ4n) is 2.20. The molecule has 0 unspecified atom stereocenters. The van der Waals surface area contributed by atoms with Crippen LogP contribution in [0.2, 0.25) is 0 Å². The number of aliphatic hydroxyl groups is 1. The summed E-state index contributed by atoms with van der Waals surface area (Å²) in [6.45, 7) is 6.23. The van der Waals surface area contributed by atoms with Gasteiger partial charge in [-0.1, -0.05) is 0 Å². The third-order valence-corrected chi connectivity index (χ3v) is 3.52. The highest BCUT2D eigenvalue weighted by molar-refractivity contribution is 4.95. The molecule has 1 saturated carbocycles. The summed E-state index contributed by atoms with van der Waals surface area (Å²) >= 11 is 0. The molecule has 0 aliphatic heterocycles. The van der Waals surface area contributed by atoms with Gasteiger partial charge in [-0.15, -0.1) is 0 Å². The minimum absolute atomic E-state index is 0.295. The molecule has 0 aromatic carbocycles. The van der Waals surface area contributed by atoms with Crippen molar-refractivity contribution in [2.45, 2.75) is 45.7 Å². The lowest BCUT2D eigenvalue weighted by atomic mass is 10.0. The Morgan fingerprint density at radius 1 is 1.53 bits per heavy atom. The fourth-order valence-corrected chi connectivity index (χ4v) is 2.20. The molecule has 1 fully saturated rings. The van der Waals surface area contributed by atoms with Crippen molar-refractivity contribution in [3.05, 3.63) is 12.2 Å². The first-order valence-electron chi connectivity index (χ1n) is 6.37. The van der Waals surface area contributed by atoms with E-state index in [-0.39, 0.29) is 0 Å². The summed E-state index contributed by atoms with van der Waals surface area (Å²) < 4.78 is 1.94. The van der Waals surface area contributed by atoms with Crippen molar-refractivity contribution in [3.8, 4) is 0 Å². The Balaban J connectivity index is 1.80. The Morgan fingerprint density at radius 2 is 2.29 bits per heavy atom. The minimum Gasteiger partial charge on any atom is -0.396 e. The molecule has 1 aromatic rings. The highest BCUT2D eigenvalue weighted by atomic mass is 16.3. The van der Waals surface area contributed by atoms with Crippen LogP contribution in [0.3, 0.4) is 0 Å². The lowest BCUT2D eigenvalue weighted by Crippen LogP contribution is -2.26. The van der Waals surface area contributed by atoms with Gasteiger partial charge in [-0.05, 0) is 38.5 Å². The molecule has 0 spiro atoms. The maximum Gasteiger partial charge on any atom is 0.141 e. The van der Waals surface area contributed by atoms with Crippen LogP contribution in [0.15, 0.2) is 6.33 Å². The fraction of sp³-hybridized carbons (Fsp3) is 0.833. The smallest absolute Gasteiger partial charge is 0.141 e. The van der Waals surface area contributed by atoms with Gasteiger partial charge in [0.25, 0.3) is 0 Å². The van der Waals surface area contributed by atoms with E-state index in [2.05, 4.69) is 29.2 Å². The van der Waals surface area contributed by atoms with Gasteiger partial charge < -0.3 is 10.4 Å². The Kier molecular flexibility index (Phi) is 3.79. The number of hydrogen-bond acceptors (Lipinski definition) is 4. The predicted molar refractivity (Wildman–Crippen MR) is 65.5 cm³/mol. The molecule has 2 N–H and O–H groups in total. The van der Waals surface area contributed by atoms with Crippen molar-refractivity contribution < 1.29 is 5.11 Å². The van der Waals surface area contributed by atoms with Crippen LogP contribution in [-0.2, 0) is 6.54 Å². The van der Waals surface area contributed by atoms with Crippen molar-refractivity contribution in [3.63, 3.8) is 0 Å². The molecule has 0 bridgehead atoms. The minimum atomic E-state index is 0.295. The van der Waals surface area contributed by atoms with Crippen LogP contribution in [0.4, 0.5) is 0 Å². The molecule has 5 nitrogen and oxygen atoms in total. The molecule has 5 heteroatoms. The summed E-state index contributed by atoms with van der Waals surface area (Å²) in [5, 5.41) is 16.6. The molecular weight excluding hydrogens is 216 g/mol. The first-order valence-corrected chi connectivity index (χ1v) is 6.37. The van der Waals surface area contributed by atoms with Crippen molar-refractivity contribution >= 4 is 0 Å². The Labute approximate surface area is 102 Å². The van der Waals surface area contributed by atoms with Crippen LogP contribution in [-0.4, -0.2) is 33.0 Å². The molecule has 1 aliphatic rings. The van der Waals surface area contributed by atoms with Gasteiger partial charge in [0.2, 0.25) is 0 Å². The average Bonchev–Trinajstić information content (AvgIpc) is 2.88. The number of aromatic nitrogens is 3. The zero-order valence-corrected chi connectivity index (χ0v) is 10.7. The van der Waals surface area contributed by atoms with Crippen molar-refractivity contribution in [2.24, 2.45) is 5.41 Å². The maximum atomic E-state index is 8.99. The van der Waals surface area contributed by atoms with Gasteiger partial charge in [-0.3, -0.25) is 0 Å². The highest BCUT2D eigenvalue weighted by Gasteiger charge is 2.41. The van der Waals surface area contributed by atoms with E-state index in [1.165, 1.54) is 12.8 Å². The summed E-state index contributed by atoms with van der Waals surface area (Å²) in [5.41, 5.74) is 0.359. The second kappa shape index (κ2) is 5.14. The van der Waals surface area contributed by atoms with E-state index in [1.54, 1.807) is 6.33 Å². The summed E-state index contributed by atoms with van der Waals surface area (Å²) in [4.78, 5) is 4.26. The van der Waals surface area contributed by atoms with Gasteiger partial charge in [0.15, 0.2) is 0 Å². The van der Waals surface area contributed by atoms with Gasteiger partial charge in [0.1, 0.15) is 12.2 Å². The second-order valence-corrected chi connectivity index (χ2v) is 5.29. The van der Waals surface area contributed by atoms with E-state index in [1.807, 2.05) is 4.68 Å². The first kappa shape index (κ1) is 12.5. The molecule has 2 rings (SSSR count). The average molecular weight is 238 g/mol. The van der Waals surface area contributed by atoms with E-state index in [4.69, 9.17) is 5.11 Å². The third kappa shape index (κ3) is 3.04. The van der Waals surface area contributed by atoms with Crippen LogP contribution in [0.25, 0.3) is 0 Å². The zero-order chi connectivity index (χ0) is 12.3. The summed E-state index contributed by atoms with van der Waals surface area (Å²) in [5.74, 6) is 0.986. The number of rotatable bonds is 7. The normalized spacial score (nSPS) is 17.6. The molecule has 0 atom stereocenters. The summed E-state index contributed by atoms with van der Waals surface area (Å²) in [6, 6.07) is 0.349. The number of aliphatic hydroxyl groups excluding tert-OH is 1. The molecule has 1 aromatic heterocycles. The predicted octanol–water partition coefficient (Wildman–Crippen LogP) is 1.11. The highest BCUT2D eigenvalue weighted by Crippen LogP contribution is 2.47. The van der Waals surface area contributed by atoms with Crippen LogP contribution in [0.5, 0.6) is 0 Å². The van der Waals surface area contributed by atoms with Crippen molar-refractivity contribution in [1.29, 1.82) is 0 Å². The number of nitrogens with one attached hydrogen (secondary N) is 1. The van der Waals surface area contributed by atoms with Crippen LogP contribution < -0.4 is 5.32 Å². The number of hydrogen-bond donors (Lipinski definition) is 2. The summed E-state index contributed by atoms with van der Waals surface area (Å²) in [6.07, 6.45) is 4.99. The lowest BCUT2D eigenvalue weighted by Gasteiger charge is -2.15. The standard InChI is InChI=1S/C12H22N4O/c1-10(2)16-11(14-9-15-16)7-13-8-12(3-4-12)5-6-17/h9-10,13,17H,3-8H2,1-2H3. The number of nitrogens with zero attached hydrogens (tertiary/aromatic N) is 3. The molecule has 17 heavy (non-hydrogen) atoms. The summed E-state index contributed by atoms with van der Waals surface area (Å²) in [7, 11) is 0. The van der Waals surface area contributed by atoms with Crippen molar-refractivity contribution in [2.75, 3.05) is 13.2 Å². The Morgan fingerprint density at radius 3 is 2.88 bits per heavy atom. The quantitative estimate of drug-likeness (QED) is 0.747. The molecule has 96 valence electrons. The SMILES string of the molecule is CC(C)n1ncnc1CNCC1(CCO)CC1. The molecule has 1 heterocycles. The van der Waals surface area contributed by atoms with Crippen LogP contribution >= 0.6 is 0 Å². The van der Waals surface area contributed by atoms with E-state index in [0.29, 0.717) is 18.1 Å². The molecule has 1 aliphatic carbocycles. The molecule has 0 radical (unpaired) electrons. The lowest BCUT2D eigenvalue weighted by molar-refractivity contribution is 0.244. The molecular formula is C12H22N4O. The maximum absolute atomic E-state index is 8.99. The second-order valence-electron chi connectivity index (χ2n) is 5.29. The van der Waals surface area contributed by atoms with Crippen molar-refractivity contribution in [1.82, 2.24) is 20.1 Å². The van der Waals surface area contributed by atoms with Gasteiger partial charge in [-0.25, -0.2) is 9.67 Å². The largest absolute Gasteiger partial charge is 0.396 e. The Bertz CT molecular complexity index is 357. The van der Waals surface area contributed by atoms with Gasteiger partial charge >= 0.3 is 0 Å². The van der Waals surface area contributed by atoms with E-state index >= 15 is 0 Å². The van der Waals surface area contributed by atoms with Gasteiger partial charge in [0, 0.05) is 19.2 Å². The van der Waals surface area contributed by atoms with Crippen LogP contribution in [0, 0.1) is 5.41 Å². The van der Waals surface area contributed by atoms with Crippen LogP contribution in [0.1, 0.15) is 45.0 Å².